The van der Waals surface area contributed by atoms with Gasteiger partial charge in [0.25, 0.3) is 0 Å². The van der Waals surface area contributed by atoms with E-state index in [1.165, 1.54) is 11.3 Å². The van der Waals surface area contributed by atoms with Crippen LogP contribution in [0.25, 0.3) is 0 Å². The smallest absolute Gasteiger partial charge is 0.136 e. The number of aromatic nitrogens is 1. The molecule has 3 atom stereocenters. The average Bonchev–Trinajstić information content (AvgIpc) is 2.65. The van der Waals surface area contributed by atoms with Gasteiger partial charge in [-0.05, 0) is 6.42 Å². The molecule has 0 aliphatic heterocycles. The van der Waals surface area contributed by atoms with E-state index in [1.54, 1.807) is 11.7 Å². The second kappa shape index (κ2) is 3.79. The van der Waals surface area contributed by atoms with Gasteiger partial charge in [0.1, 0.15) is 5.78 Å². The molecular formula is C10H13NO2S. The Morgan fingerprint density at radius 3 is 3.07 bits per heavy atom. The molecular weight excluding hydrogens is 198 g/mol. The molecule has 0 radical (unpaired) electrons. The standard InChI is InChI=1S/C10H13NO2S/c1-6-7(12)2-3-8(13)10(6)9-4-11-5-14-9/h4-6,8,10,13H,2-3H2,1H3. The predicted octanol–water partition coefficient (Wildman–Crippen LogP) is 1.59. The van der Waals surface area contributed by atoms with E-state index in [1.807, 2.05) is 6.92 Å². The van der Waals surface area contributed by atoms with Crippen LogP contribution in [0.5, 0.6) is 0 Å². The van der Waals surface area contributed by atoms with Crippen LogP contribution in [0, 0.1) is 5.92 Å². The van der Waals surface area contributed by atoms with Gasteiger partial charge in [0, 0.05) is 29.3 Å². The van der Waals surface area contributed by atoms with Crippen molar-refractivity contribution in [3.05, 3.63) is 16.6 Å². The van der Waals surface area contributed by atoms with Gasteiger partial charge in [0.2, 0.25) is 0 Å². The van der Waals surface area contributed by atoms with Crippen LogP contribution in [-0.2, 0) is 4.79 Å². The summed E-state index contributed by atoms with van der Waals surface area (Å²) in [5.41, 5.74) is 1.74. The number of aliphatic hydroxyl groups excluding tert-OH is 1. The van der Waals surface area contributed by atoms with E-state index in [-0.39, 0.29) is 23.7 Å². The van der Waals surface area contributed by atoms with Crippen LogP contribution in [0.1, 0.15) is 30.6 Å². The molecule has 1 aromatic heterocycles. The summed E-state index contributed by atoms with van der Waals surface area (Å²) in [5.74, 6) is 0.150. The molecule has 1 fully saturated rings. The van der Waals surface area contributed by atoms with E-state index in [0.717, 1.165) is 4.88 Å². The molecule has 1 heterocycles. The minimum absolute atomic E-state index is 0.0382. The van der Waals surface area contributed by atoms with Gasteiger partial charge in [-0.2, -0.15) is 0 Å². The number of thiazole rings is 1. The quantitative estimate of drug-likeness (QED) is 0.767. The van der Waals surface area contributed by atoms with Crippen molar-refractivity contribution in [3.8, 4) is 0 Å². The Hall–Kier alpha value is -0.740. The number of hydrogen-bond donors (Lipinski definition) is 1. The first-order valence-corrected chi connectivity index (χ1v) is 5.67. The number of hydrogen-bond acceptors (Lipinski definition) is 4. The van der Waals surface area contributed by atoms with Gasteiger partial charge >= 0.3 is 0 Å². The summed E-state index contributed by atoms with van der Waals surface area (Å²) in [6, 6.07) is 0. The van der Waals surface area contributed by atoms with Gasteiger partial charge in [0.05, 0.1) is 11.6 Å². The Balaban J connectivity index is 2.26. The van der Waals surface area contributed by atoms with Gasteiger partial charge < -0.3 is 5.11 Å². The SMILES string of the molecule is CC1C(=O)CCC(O)C1c1cncs1. The van der Waals surface area contributed by atoms with E-state index in [4.69, 9.17) is 0 Å². The highest BCUT2D eigenvalue weighted by Gasteiger charge is 2.36. The van der Waals surface area contributed by atoms with Crippen LogP contribution in [0.15, 0.2) is 11.7 Å². The van der Waals surface area contributed by atoms with Crippen LogP contribution < -0.4 is 0 Å². The lowest BCUT2D eigenvalue weighted by molar-refractivity contribution is -0.127. The second-order valence-electron chi connectivity index (χ2n) is 3.79. The summed E-state index contributed by atoms with van der Waals surface area (Å²) in [7, 11) is 0. The molecule has 1 aliphatic rings. The monoisotopic (exact) mass is 211 g/mol. The van der Waals surface area contributed by atoms with Crippen molar-refractivity contribution in [2.75, 3.05) is 0 Å². The van der Waals surface area contributed by atoms with Gasteiger partial charge in [-0.15, -0.1) is 11.3 Å². The molecule has 0 saturated heterocycles. The highest BCUT2D eigenvalue weighted by molar-refractivity contribution is 7.09. The average molecular weight is 211 g/mol. The zero-order valence-corrected chi connectivity index (χ0v) is 8.83. The molecule has 0 aromatic carbocycles. The van der Waals surface area contributed by atoms with E-state index in [2.05, 4.69) is 4.98 Å². The summed E-state index contributed by atoms with van der Waals surface area (Å²) < 4.78 is 0. The third kappa shape index (κ3) is 1.60. The maximum atomic E-state index is 11.5. The normalized spacial score (nSPS) is 33.3. The van der Waals surface area contributed by atoms with Gasteiger partial charge in [-0.1, -0.05) is 6.92 Å². The van der Waals surface area contributed by atoms with Crippen LogP contribution in [0.4, 0.5) is 0 Å². The fourth-order valence-electron chi connectivity index (χ4n) is 2.06. The number of aliphatic hydroxyl groups is 1. The van der Waals surface area contributed by atoms with Gasteiger partial charge in [-0.25, -0.2) is 0 Å². The van der Waals surface area contributed by atoms with E-state index >= 15 is 0 Å². The van der Waals surface area contributed by atoms with Crippen LogP contribution in [0.3, 0.4) is 0 Å². The number of carbonyl (C=O) groups is 1. The van der Waals surface area contributed by atoms with Crippen molar-refractivity contribution >= 4 is 17.1 Å². The summed E-state index contributed by atoms with van der Waals surface area (Å²) in [5, 5.41) is 9.86. The Kier molecular flexibility index (Phi) is 2.65. The Morgan fingerprint density at radius 1 is 1.64 bits per heavy atom. The number of carbonyl (C=O) groups excluding carboxylic acids is 1. The largest absolute Gasteiger partial charge is 0.392 e. The lowest BCUT2D eigenvalue weighted by Crippen LogP contribution is -2.34. The Labute approximate surface area is 86.8 Å². The molecule has 0 spiro atoms. The second-order valence-corrected chi connectivity index (χ2v) is 4.71. The first kappa shape index (κ1) is 9.80. The fraction of sp³-hybridized carbons (Fsp3) is 0.600. The third-order valence-electron chi connectivity index (χ3n) is 2.93. The molecule has 0 bridgehead atoms. The highest BCUT2D eigenvalue weighted by Crippen LogP contribution is 2.37. The van der Waals surface area contributed by atoms with Crippen molar-refractivity contribution < 1.29 is 9.90 Å². The molecule has 1 aliphatic carbocycles. The summed E-state index contributed by atoms with van der Waals surface area (Å²) in [6.07, 6.45) is 2.47. The summed E-state index contributed by atoms with van der Waals surface area (Å²) >= 11 is 1.52. The maximum Gasteiger partial charge on any atom is 0.136 e. The Morgan fingerprint density at radius 2 is 2.43 bits per heavy atom. The number of Topliss-reactive ketones (excluding diaryl/α,β-unsaturated/α-hetero) is 1. The molecule has 4 heteroatoms. The Bertz CT molecular complexity index is 323. The molecule has 3 nitrogen and oxygen atoms in total. The first-order chi connectivity index (χ1) is 6.70. The van der Waals surface area contributed by atoms with Crippen LogP contribution >= 0.6 is 11.3 Å². The van der Waals surface area contributed by atoms with E-state index in [0.29, 0.717) is 12.8 Å². The van der Waals surface area contributed by atoms with Crippen molar-refractivity contribution in [2.24, 2.45) is 5.92 Å². The molecule has 1 aromatic rings. The van der Waals surface area contributed by atoms with Crippen molar-refractivity contribution in [3.63, 3.8) is 0 Å². The van der Waals surface area contributed by atoms with E-state index in [9.17, 15) is 9.90 Å². The zero-order chi connectivity index (χ0) is 10.1. The lowest BCUT2D eigenvalue weighted by atomic mass is 9.77. The van der Waals surface area contributed by atoms with Gasteiger partial charge in [-0.3, -0.25) is 9.78 Å². The van der Waals surface area contributed by atoms with Crippen molar-refractivity contribution in [1.29, 1.82) is 0 Å². The first-order valence-electron chi connectivity index (χ1n) is 4.79. The van der Waals surface area contributed by atoms with E-state index < -0.39 is 0 Å². The van der Waals surface area contributed by atoms with Crippen molar-refractivity contribution in [1.82, 2.24) is 4.98 Å². The molecule has 1 saturated carbocycles. The number of rotatable bonds is 1. The van der Waals surface area contributed by atoms with Gasteiger partial charge in [0.15, 0.2) is 0 Å². The topological polar surface area (TPSA) is 50.2 Å². The minimum atomic E-state index is -0.386. The number of nitrogens with zero attached hydrogens (tertiary/aromatic N) is 1. The number of ketones is 1. The molecule has 3 unspecified atom stereocenters. The molecule has 2 rings (SSSR count). The zero-order valence-electron chi connectivity index (χ0n) is 8.01. The highest BCUT2D eigenvalue weighted by atomic mass is 32.1. The maximum absolute atomic E-state index is 11.5. The molecule has 14 heavy (non-hydrogen) atoms. The molecule has 76 valence electrons. The molecule has 1 N–H and O–H groups in total. The molecule has 0 amide bonds. The minimum Gasteiger partial charge on any atom is -0.392 e. The predicted molar refractivity (Wildman–Crippen MR) is 54.3 cm³/mol. The summed E-state index contributed by atoms with van der Waals surface area (Å²) in [6.45, 7) is 1.90. The fourth-order valence-corrected chi connectivity index (χ4v) is 2.94. The van der Waals surface area contributed by atoms with Crippen molar-refractivity contribution in [2.45, 2.75) is 31.8 Å². The van der Waals surface area contributed by atoms with Crippen LogP contribution in [-0.4, -0.2) is 22.0 Å². The summed E-state index contributed by atoms with van der Waals surface area (Å²) in [4.78, 5) is 16.5. The third-order valence-corrected chi connectivity index (χ3v) is 3.80. The van der Waals surface area contributed by atoms with Crippen LogP contribution in [0.2, 0.25) is 0 Å². The lowest BCUT2D eigenvalue weighted by Gasteiger charge is -2.31.